The van der Waals surface area contributed by atoms with Gasteiger partial charge in [0.05, 0.1) is 6.07 Å². The third-order valence-electron chi connectivity index (χ3n) is 3.32. The molecule has 0 aromatic heterocycles. The molecule has 6 heteroatoms. The number of nitrogens with zero attached hydrogens (tertiary/aromatic N) is 1. The van der Waals surface area contributed by atoms with Gasteiger partial charge in [0.25, 0.3) is 5.91 Å². The normalized spacial score (nSPS) is 11.2. The molecule has 2 rings (SSSR count). The summed E-state index contributed by atoms with van der Waals surface area (Å²) in [5.41, 5.74) is 1.49. The molecule has 1 atom stereocenters. The summed E-state index contributed by atoms with van der Waals surface area (Å²) in [7, 11) is 0. The van der Waals surface area contributed by atoms with Crippen molar-refractivity contribution in [1.82, 2.24) is 5.32 Å². The number of carbonyl (C=O) groups excluding carboxylic acids is 2. The average Bonchev–Trinajstić information content (AvgIpc) is 2.59. The number of benzene rings is 2. The first-order valence-corrected chi connectivity index (χ1v) is 7.77. The molecule has 122 valence electrons. The summed E-state index contributed by atoms with van der Waals surface area (Å²) in [6, 6.07) is 14.5. The SMILES string of the molecule is CCC(=O)Nc1cccc(C(=O)NC(C#N)c2cccc(Cl)c2)c1. The number of hydrogen-bond donors (Lipinski definition) is 2. The van der Waals surface area contributed by atoms with Crippen LogP contribution in [0.2, 0.25) is 5.02 Å². The third-order valence-corrected chi connectivity index (χ3v) is 3.55. The first-order chi connectivity index (χ1) is 11.5. The van der Waals surface area contributed by atoms with Crippen LogP contribution in [-0.2, 0) is 4.79 Å². The molecule has 0 heterocycles. The Bertz CT molecular complexity index is 799. The lowest BCUT2D eigenvalue weighted by molar-refractivity contribution is -0.115. The van der Waals surface area contributed by atoms with Gasteiger partial charge in [-0.05, 0) is 35.9 Å². The van der Waals surface area contributed by atoms with E-state index in [1.165, 1.54) is 0 Å². The fourth-order valence-electron chi connectivity index (χ4n) is 2.08. The van der Waals surface area contributed by atoms with Gasteiger partial charge in [0, 0.05) is 22.7 Å². The number of nitrogens with one attached hydrogen (secondary N) is 2. The highest BCUT2D eigenvalue weighted by Gasteiger charge is 2.16. The molecule has 0 spiro atoms. The minimum absolute atomic E-state index is 0.138. The second-order valence-corrected chi connectivity index (χ2v) is 5.51. The van der Waals surface area contributed by atoms with Crippen molar-refractivity contribution in [2.75, 3.05) is 5.32 Å². The lowest BCUT2D eigenvalue weighted by Crippen LogP contribution is -2.27. The van der Waals surface area contributed by atoms with Gasteiger partial charge in [0.2, 0.25) is 5.91 Å². The Kier molecular flexibility index (Phi) is 5.94. The van der Waals surface area contributed by atoms with Gasteiger partial charge >= 0.3 is 0 Å². The van der Waals surface area contributed by atoms with E-state index in [0.29, 0.717) is 28.3 Å². The van der Waals surface area contributed by atoms with Crippen LogP contribution in [0, 0.1) is 11.3 Å². The average molecular weight is 342 g/mol. The van der Waals surface area contributed by atoms with Gasteiger partial charge in [-0.25, -0.2) is 0 Å². The standard InChI is InChI=1S/C18H16ClN3O2/c1-2-17(23)21-15-8-4-6-13(10-15)18(24)22-16(11-20)12-5-3-7-14(19)9-12/h3-10,16H,2H2,1H3,(H,21,23)(H,22,24). The van der Waals surface area contributed by atoms with Crippen LogP contribution in [0.3, 0.4) is 0 Å². The van der Waals surface area contributed by atoms with Crippen LogP contribution in [0.15, 0.2) is 48.5 Å². The van der Waals surface area contributed by atoms with E-state index in [0.717, 1.165) is 0 Å². The molecule has 0 radical (unpaired) electrons. The molecule has 0 aliphatic carbocycles. The maximum atomic E-state index is 12.4. The van der Waals surface area contributed by atoms with Gasteiger partial charge in [0.1, 0.15) is 6.04 Å². The Morgan fingerprint density at radius 2 is 1.96 bits per heavy atom. The number of nitriles is 1. The van der Waals surface area contributed by atoms with Gasteiger partial charge in [-0.2, -0.15) is 5.26 Å². The zero-order valence-corrected chi connectivity index (χ0v) is 13.8. The van der Waals surface area contributed by atoms with Crippen LogP contribution in [0.4, 0.5) is 5.69 Å². The van der Waals surface area contributed by atoms with Gasteiger partial charge in [-0.1, -0.05) is 36.7 Å². The Hall–Kier alpha value is -2.84. The number of rotatable bonds is 5. The minimum Gasteiger partial charge on any atom is -0.332 e. The van der Waals surface area contributed by atoms with E-state index in [-0.39, 0.29) is 5.91 Å². The quantitative estimate of drug-likeness (QED) is 0.870. The van der Waals surface area contributed by atoms with Gasteiger partial charge < -0.3 is 10.6 Å². The fourth-order valence-corrected chi connectivity index (χ4v) is 2.28. The molecule has 2 amide bonds. The first kappa shape index (κ1) is 17.5. The molecule has 2 aromatic carbocycles. The maximum absolute atomic E-state index is 12.4. The van der Waals surface area contributed by atoms with Gasteiger partial charge in [-0.3, -0.25) is 9.59 Å². The lowest BCUT2D eigenvalue weighted by atomic mass is 10.1. The van der Waals surface area contributed by atoms with E-state index in [4.69, 9.17) is 11.6 Å². The highest BCUT2D eigenvalue weighted by atomic mass is 35.5. The second kappa shape index (κ2) is 8.14. The van der Waals surface area contributed by atoms with Crippen molar-refractivity contribution >= 4 is 29.1 Å². The monoisotopic (exact) mass is 341 g/mol. The van der Waals surface area contributed by atoms with E-state index >= 15 is 0 Å². The number of anilines is 1. The highest BCUT2D eigenvalue weighted by molar-refractivity contribution is 6.30. The zero-order chi connectivity index (χ0) is 17.5. The van der Waals surface area contributed by atoms with Crippen molar-refractivity contribution < 1.29 is 9.59 Å². The molecule has 0 bridgehead atoms. The molecule has 24 heavy (non-hydrogen) atoms. The molecular formula is C18H16ClN3O2. The number of hydrogen-bond acceptors (Lipinski definition) is 3. The summed E-state index contributed by atoms with van der Waals surface area (Å²) in [5, 5.41) is 15.1. The van der Waals surface area contributed by atoms with E-state index in [1.807, 2.05) is 6.07 Å². The summed E-state index contributed by atoms with van der Waals surface area (Å²) in [6.45, 7) is 1.74. The Balaban J connectivity index is 2.15. The smallest absolute Gasteiger partial charge is 0.252 e. The summed E-state index contributed by atoms with van der Waals surface area (Å²) in [4.78, 5) is 23.8. The van der Waals surface area contributed by atoms with Crippen LogP contribution >= 0.6 is 11.6 Å². The third kappa shape index (κ3) is 4.58. The predicted octanol–water partition coefficient (Wildman–Crippen LogP) is 3.68. The van der Waals surface area contributed by atoms with Crippen molar-refractivity contribution in [3.8, 4) is 6.07 Å². The summed E-state index contributed by atoms with van der Waals surface area (Å²) in [6.07, 6.45) is 0.349. The van der Waals surface area contributed by atoms with E-state index in [1.54, 1.807) is 55.5 Å². The zero-order valence-electron chi connectivity index (χ0n) is 13.0. The van der Waals surface area contributed by atoms with Crippen LogP contribution in [-0.4, -0.2) is 11.8 Å². The van der Waals surface area contributed by atoms with Crippen molar-refractivity contribution in [3.63, 3.8) is 0 Å². The first-order valence-electron chi connectivity index (χ1n) is 7.39. The summed E-state index contributed by atoms with van der Waals surface area (Å²) >= 11 is 5.92. The minimum atomic E-state index is -0.815. The molecule has 2 N–H and O–H groups in total. The van der Waals surface area contributed by atoms with E-state index in [2.05, 4.69) is 10.6 Å². The largest absolute Gasteiger partial charge is 0.332 e. The molecule has 0 saturated carbocycles. The second-order valence-electron chi connectivity index (χ2n) is 5.07. The van der Waals surface area contributed by atoms with Crippen LogP contribution in [0.25, 0.3) is 0 Å². The molecule has 0 saturated heterocycles. The molecule has 0 aliphatic rings. The molecule has 0 fully saturated rings. The Labute approximate surface area is 145 Å². The van der Waals surface area contributed by atoms with Crippen LogP contribution in [0.5, 0.6) is 0 Å². The topological polar surface area (TPSA) is 82.0 Å². The lowest BCUT2D eigenvalue weighted by Gasteiger charge is -2.13. The van der Waals surface area contributed by atoms with Gasteiger partial charge in [-0.15, -0.1) is 0 Å². The number of amides is 2. The van der Waals surface area contributed by atoms with Crippen molar-refractivity contribution in [2.45, 2.75) is 19.4 Å². The van der Waals surface area contributed by atoms with Crippen molar-refractivity contribution in [1.29, 1.82) is 5.26 Å². The number of halogens is 1. The van der Waals surface area contributed by atoms with Crippen LogP contribution < -0.4 is 10.6 Å². The Morgan fingerprint density at radius 3 is 2.62 bits per heavy atom. The van der Waals surface area contributed by atoms with E-state index < -0.39 is 11.9 Å². The molecular weight excluding hydrogens is 326 g/mol. The molecule has 5 nitrogen and oxygen atoms in total. The van der Waals surface area contributed by atoms with E-state index in [9.17, 15) is 14.9 Å². The van der Waals surface area contributed by atoms with Crippen molar-refractivity contribution in [2.24, 2.45) is 0 Å². The van der Waals surface area contributed by atoms with Crippen LogP contribution in [0.1, 0.15) is 35.3 Å². The fraction of sp³-hybridized carbons (Fsp3) is 0.167. The predicted molar refractivity (Wildman–Crippen MR) is 92.6 cm³/mol. The summed E-state index contributed by atoms with van der Waals surface area (Å²) < 4.78 is 0. The molecule has 2 aromatic rings. The van der Waals surface area contributed by atoms with Gasteiger partial charge in [0.15, 0.2) is 0 Å². The van der Waals surface area contributed by atoms with Crippen molar-refractivity contribution in [3.05, 3.63) is 64.7 Å². The molecule has 0 aliphatic heterocycles. The molecule has 1 unspecified atom stereocenters. The summed E-state index contributed by atoms with van der Waals surface area (Å²) in [5.74, 6) is -0.546. The highest BCUT2D eigenvalue weighted by Crippen LogP contribution is 2.18. The number of carbonyl (C=O) groups is 2. The maximum Gasteiger partial charge on any atom is 0.252 e. The Morgan fingerprint density at radius 1 is 1.21 bits per heavy atom.